The van der Waals surface area contributed by atoms with E-state index in [-0.39, 0.29) is 5.54 Å². The van der Waals surface area contributed by atoms with Gasteiger partial charge in [0.15, 0.2) is 0 Å². The van der Waals surface area contributed by atoms with E-state index < -0.39 is 0 Å². The summed E-state index contributed by atoms with van der Waals surface area (Å²) in [6.45, 7) is 3.29. The van der Waals surface area contributed by atoms with Crippen molar-refractivity contribution in [2.24, 2.45) is 5.92 Å². The van der Waals surface area contributed by atoms with Gasteiger partial charge in [0, 0.05) is 30.0 Å². The third-order valence-electron chi connectivity index (χ3n) is 4.40. The Morgan fingerprint density at radius 3 is 2.95 bits per heavy atom. The molecule has 1 aliphatic carbocycles. The van der Waals surface area contributed by atoms with Crippen molar-refractivity contribution in [2.45, 2.75) is 38.1 Å². The van der Waals surface area contributed by atoms with Gasteiger partial charge in [0.2, 0.25) is 0 Å². The number of hydrogen-bond acceptors (Lipinski definition) is 4. The lowest BCUT2D eigenvalue weighted by Gasteiger charge is -2.45. The maximum absolute atomic E-state index is 5.79. The van der Waals surface area contributed by atoms with Crippen LogP contribution in [0.15, 0.2) is 18.3 Å². The lowest BCUT2D eigenvalue weighted by molar-refractivity contribution is 0.0882. The third-order valence-corrected chi connectivity index (χ3v) is 4.40. The van der Waals surface area contributed by atoms with E-state index in [9.17, 15) is 0 Å². The van der Waals surface area contributed by atoms with Crippen molar-refractivity contribution in [3.8, 4) is 0 Å². The van der Waals surface area contributed by atoms with Gasteiger partial charge in [-0.2, -0.15) is 0 Å². The molecule has 4 heteroatoms. The van der Waals surface area contributed by atoms with Crippen LogP contribution in [0.4, 0.5) is 11.5 Å². The van der Waals surface area contributed by atoms with Gasteiger partial charge in [-0.3, -0.25) is 0 Å². The number of nitrogens with one attached hydrogen (secondary N) is 1. The van der Waals surface area contributed by atoms with Crippen LogP contribution < -0.4 is 11.1 Å². The van der Waals surface area contributed by atoms with Crippen LogP contribution in [0.2, 0.25) is 0 Å². The number of pyridine rings is 1. The van der Waals surface area contributed by atoms with Crippen molar-refractivity contribution in [1.29, 1.82) is 0 Å². The minimum absolute atomic E-state index is 0.240. The molecule has 106 valence electrons. The Labute approximate surface area is 116 Å². The number of likely N-dealkylation sites (N-methyl/N-ethyl adjacent to an activating group) is 1. The molecule has 0 bridgehead atoms. The van der Waals surface area contributed by atoms with Gasteiger partial charge in [-0.05, 0) is 38.9 Å². The minimum atomic E-state index is 0.240. The molecule has 3 N–H and O–H groups in total. The summed E-state index contributed by atoms with van der Waals surface area (Å²) in [7, 11) is 4.37. The molecular weight excluding hydrogens is 236 g/mol. The average molecular weight is 262 g/mol. The number of rotatable bonds is 4. The van der Waals surface area contributed by atoms with Crippen LogP contribution in [0.25, 0.3) is 0 Å². The van der Waals surface area contributed by atoms with E-state index in [2.05, 4.69) is 36.2 Å². The standard InChI is InChI=1S/C15H26N4/c1-12-5-4-7-15(10-12,19(2)3)11-18-14-9-13(16)6-8-17-14/h6,8-9,12H,4-5,7,10-11H2,1-3H3,(H3,16,17,18). The Balaban J connectivity index is 2.05. The summed E-state index contributed by atoms with van der Waals surface area (Å²) in [5.74, 6) is 1.67. The van der Waals surface area contributed by atoms with Crippen LogP contribution in [-0.2, 0) is 0 Å². The number of anilines is 2. The Morgan fingerprint density at radius 1 is 1.53 bits per heavy atom. The van der Waals surface area contributed by atoms with Gasteiger partial charge in [-0.25, -0.2) is 4.98 Å². The minimum Gasteiger partial charge on any atom is -0.399 e. The summed E-state index contributed by atoms with van der Waals surface area (Å²) in [6, 6.07) is 3.71. The molecule has 0 amide bonds. The number of nitrogen functional groups attached to an aromatic ring is 1. The first-order valence-electron chi connectivity index (χ1n) is 7.15. The van der Waals surface area contributed by atoms with Crippen molar-refractivity contribution in [3.63, 3.8) is 0 Å². The molecule has 4 nitrogen and oxygen atoms in total. The van der Waals surface area contributed by atoms with E-state index in [1.807, 2.05) is 12.1 Å². The van der Waals surface area contributed by atoms with Gasteiger partial charge >= 0.3 is 0 Å². The second-order valence-electron chi connectivity index (χ2n) is 6.15. The van der Waals surface area contributed by atoms with Crippen LogP contribution >= 0.6 is 0 Å². The van der Waals surface area contributed by atoms with Crippen LogP contribution in [0.3, 0.4) is 0 Å². The lowest BCUT2D eigenvalue weighted by atomic mass is 9.75. The van der Waals surface area contributed by atoms with Crippen molar-refractivity contribution in [1.82, 2.24) is 9.88 Å². The van der Waals surface area contributed by atoms with Gasteiger partial charge in [0.1, 0.15) is 5.82 Å². The van der Waals surface area contributed by atoms with Crippen LogP contribution in [0, 0.1) is 5.92 Å². The second kappa shape index (κ2) is 5.78. The van der Waals surface area contributed by atoms with Gasteiger partial charge in [-0.15, -0.1) is 0 Å². The highest BCUT2D eigenvalue weighted by atomic mass is 15.2. The Kier molecular flexibility index (Phi) is 4.30. The van der Waals surface area contributed by atoms with E-state index in [0.717, 1.165) is 24.0 Å². The molecule has 1 aromatic rings. The summed E-state index contributed by atoms with van der Waals surface area (Å²) in [6.07, 6.45) is 6.91. The summed E-state index contributed by atoms with van der Waals surface area (Å²) < 4.78 is 0. The summed E-state index contributed by atoms with van der Waals surface area (Å²) in [4.78, 5) is 6.70. The number of nitrogens with two attached hydrogens (primary N) is 1. The van der Waals surface area contributed by atoms with E-state index in [4.69, 9.17) is 5.73 Å². The van der Waals surface area contributed by atoms with Crippen molar-refractivity contribution in [2.75, 3.05) is 31.7 Å². The van der Waals surface area contributed by atoms with Gasteiger partial charge in [0.05, 0.1) is 0 Å². The van der Waals surface area contributed by atoms with E-state index >= 15 is 0 Å². The SMILES string of the molecule is CC1CCCC(CNc2cc(N)ccn2)(N(C)C)C1. The Hall–Kier alpha value is -1.29. The maximum Gasteiger partial charge on any atom is 0.128 e. The van der Waals surface area contributed by atoms with E-state index in [0.29, 0.717) is 0 Å². The fourth-order valence-electron chi connectivity index (χ4n) is 3.16. The van der Waals surface area contributed by atoms with Crippen LogP contribution in [-0.4, -0.2) is 36.1 Å². The highest BCUT2D eigenvalue weighted by molar-refractivity contribution is 5.48. The highest BCUT2D eigenvalue weighted by Gasteiger charge is 2.36. The zero-order valence-corrected chi connectivity index (χ0v) is 12.3. The topological polar surface area (TPSA) is 54.2 Å². The molecule has 19 heavy (non-hydrogen) atoms. The molecular formula is C15H26N4. The van der Waals surface area contributed by atoms with E-state index in [1.165, 1.54) is 25.7 Å². The molecule has 1 aromatic heterocycles. The van der Waals surface area contributed by atoms with E-state index in [1.54, 1.807) is 6.20 Å². The number of hydrogen-bond donors (Lipinski definition) is 2. The highest BCUT2D eigenvalue weighted by Crippen LogP contribution is 2.35. The molecule has 1 saturated carbocycles. The Bertz CT molecular complexity index is 418. The summed E-state index contributed by atoms with van der Waals surface area (Å²) in [5, 5.41) is 3.47. The molecule has 1 aliphatic rings. The van der Waals surface area contributed by atoms with Crippen molar-refractivity contribution >= 4 is 11.5 Å². The predicted molar refractivity (Wildman–Crippen MR) is 81.2 cm³/mol. The molecule has 0 aliphatic heterocycles. The zero-order valence-electron chi connectivity index (χ0n) is 12.3. The number of nitrogens with zero attached hydrogens (tertiary/aromatic N) is 2. The Morgan fingerprint density at radius 2 is 2.32 bits per heavy atom. The first-order valence-corrected chi connectivity index (χ1v) is 7.15. The molecule has 0 radical (unpaired) electrons. The fraction of sp³-hybridized carbons (Fsp3) is 0.667. The first-order chi connectivity index (χ1) is 9.02. The van der Waals surface area contributed by atoms with Gasteiger partial charge in [-0.1, -0.05) is 19.8 Å². The monoisotopic (exact) mass is 262 g/mol. The normalized spacial score (nSPS) is 27.5. The third kappa shape index (κ3) is 3.38. The fourth-order valence-corrected chi connectivity index (χ4v) is 3.16. The summed E-state index contributed by atoms with van der Waals surface area (Å²) in [5.41, 5.74) is 6.79. The average Bonchev–Trinajstić information content (AvgIpc) is 2.36. The summed E-state index contributed by atoms with van der Waals surface area (Å²) >= 11 is 0. The molecule has 2 unspecified atom stereocenters. The van der Waals surface area contributed by atoms with Crippen molar-refractivity contribution < 1.29 is 0 Å². The number of aromatic nitrogens is 1. The zero-order chi connectivity index (χ0) is 13.9. The molecule has 2 atom stereocenters. The van der Waals surface area contributed by atoms with Crippen LogP contribution in [0.5, 0.6) is 0 Å². The van der Waals surface area contributed by atoms with Gasteiger partial charge in [0.25, 0.3) is 0 Å². The first kappa shape index (κ1) is 14.1. The smallest absolute Gasteiger partial charge is 0.128 e. The maximum atomic E-state index is 5.79. The quantitative estimate of drug-likeness (QED) is 0.875. The van der Waals surface area contributed by atoms with Crippen molar-refractivity contribution in [3.05, 3.63) is 18.3 Å². The molecule has 1 heterocycles. The molecule has 2 rings (SSSR count). The second-order valence-corrected chi connectivity index (χ2v) is 6.15. The van der Waals surface area contributed by atoms with Gasteiger partial charge < -0.3 is 16.0 Å². The molecule has 1 fully saturated rings. The molecule has 0 aromatic carbocycles. The lowest BCUT2D eigenvalue weighted by Crippen LogP contribution is -2.52. The molecule has 0 saturated heterocycles. The predicted octanol–water partition coefficient (Wildman–Crippen LogP) is 2.59. The molecule has 0 spiro atoms. The largest absolute Gasteiger partial charge is 0.399 e. The van der Waals surface area contributed by atoms with Crippen LogP contribution in [0.1, 0.15) is 32.6 Å².